The van der Waals surface area contributed by atoms with Crippen LogP contribution >= 0.6 is 0 Å². The zero-order valence-electron chi connectivity index (χ0n) is 13.3. The molecule has 3 rings (SSSR count). The monoisotopic (exact) mass is 307 g/mol. The fourth-order valence-corrected chi connectivity index (χ4v) is 2.78. The second kappa shape index (κ2) is 5.72. The van der Waals surface area contributed by atoms with Crippen molar-refractivity contribution < 1.29 is 14.3 Å². The number of anilines is 1. The van der Waals surface area contributed by atoms with Crippen molar-refractivity contribution in [1.29, 1.82) is 0 Å². The Balaban J connectivity index is 2.09. The van der Waals surface area contributed by atoms with Gasteiger partial charge < -0.3 is 10.1 Å². The molecule has 2 aromatic rings. The van der Waals surface area contributed by atoms with Crippen LogP contribution in [0.25, 0.3) is 11.6 Å². The molecule has 2 aromatic carbocycles. The van der Waals surface area contributed by atoms with Gasteiger partial charge in [-0.15, -0.1) is 0 Å². The molecule has 0 aliphatic carbocycles. The van der Waals surface area contributed by atoms with Gasteiger partial charge in [0.1, 0.15) is 0 Å². The van der Waals surface area contributed by atoms with Gasteiger partial charge in [0.05, 0.1) is 12.7 Å². The molecule has 0 aromatic heterocycles. The van der Waals surface area contributed by atoms with E-state index in [2.05, 4.69) is 5.32 Å². The predicted octanol–water partition coefficient (Wildman–Crippen LogP) is 3.58. The number of hydrogen-bond donors (Lipinski definition) is 1. The molecule has 0 saturated carbocycles. The van der Waals surface area contributed by atoms with Gasteiger partial charge in [-0.25, -0.2) is 4.79 Å². The smallest absolute Gasteiger partial charge is 0.337 e. The lowest BCUT2D eigenvalue weighted by atomic mass is 9.97. The van der Waals surface area contributed by atoms with E-state index in [4.69, 9.17) is 4.74 Å². The number of fused-ring (bicyclic) bond motifs is 1. The van der Waals surface area contributed by atoms with Gasteiger partial charge in [-0.2, -0.15) is 0 Å². The van der Waals surface area contributed by atoms with Crippen LogP contribution in [0.5, 0.6) is 0 Å². The van der Waals surface area contributed by atoms with Crippen LogP contribution < -0.4 is 5.32 Å². The standard InChI is InChI=1S/C19H17NO3/c1-11-5-4-6-12(2)15(11)10-16-14-8-7-13(19(22)23-3)9-17(14)20-18(16)21/h4-10H,1-3H3,(H,20,21). The summed E-state index contributed by atoms with van der Waals surface area (Å²) >= 11 is 0. The molecule has 1 aliphatic rings. The Hall–Kier alpha value is -2.88. The highest BCUT2D eigenvalue weighted by Gasteiger charge is 2.25. The Morgan fingerprint density at radius 3 is 2.48 bits per heavy atom. The fourth-order valence-electron chi connectivity index (χ4n) is 2.78. The number of rotatable bonds is 2. The highest BCUT2D eigenvalue weighted by molar-refractivity contribution is 6.35. The lowest BCUT2D eigenvalue weighted by Gasteiger charge is -2.06. The molecule has 0 bridgehead atoms. The van der Waals surface area contributed by atoms with Crippen LogP contribution in [0.2, 0.25) is 0 Å². The minimum absolute atomic E-state index is 0.162. The predicted molar refractivity (Wildman–Crippen MR) is 90.2 cm³/mol. The summed E-state index contributed by atoms with van der Waals surface area (Å²) in [7, 11) is 1.33. The third-order valence-corrected chi connectivity index (χ3v) is 4.05. The molecule has 0 radical (unpaired) electrons. The van der Waals surface area contributed by atoms with Crippen LogP contribution in [0.3, 0.4) is 0 Å². The number of aryl methyl sites for hydroxylation is 2. The van der Waals surface area contributed by atoms with Gasteiger partial charge in [0, 0.05) is 16.8 Å². The van der Waals surface area contributed by atoms with Crippen LogP contribution in [0.1, 0.15) is 32.6 Å². The second-order valence-corrected chi connectivity index (χ2v) is 5.57. The van der Waals surface area contributed by atoms with Crippen molar-refractivity contribution >= 4 is 29.2 Å². The molecule has 4 heteroatoms. The van der Waals surface area contributed by atoms with Crippen LogP contribution in [-0.2, 0) is 9.53 Å². The molecule has 23 heavy (non-hydrogen) atoms. The maximum atomic E-state index is 12.3. The summed E-state index contributed by atoms with van der Waals surface area (Å²) in [6.07, 6.45) is 1.91. The van der Waals surface area contributed by atoms with Gasteiger partial charge in [-0.1, -0.05) is 24.3 Å². The lowest BCUT2D eigenvalue weighted by molar-refractivity contribution is -0.110. The van der Waals surface area contributed by atoms with E-state index in [9.17, 15) is 9.59 Å². The summed E-state index contributed by atoms with van der Waals surface area (Å²) in [4.78, 5) is 23.9. The Labute approximate surface area is 134 Å². The van der Waals surface area contributed by atoms with Crippen LogP contribution in [0.15, 0.2) is 36.4 Å². The van der Waals surface area contributed by atoms with E-state index >= 15 is 0 Å². The largest absolute Gasteiger partial charge is 0.465 e. The molecule has 1 N–H and O–H groups in total. The van der Waals surface area contributed by atoms with Crippen molar-refractivity contribution in [2.24, 2.45) is 0 Å². The molecule has 1 amide bonds. The highest BCUT2D eigenvalue weighted by Crippen LogP contribution is 2.34. The number of carbonyl (C=O) groups is 2. The molecule has 0 fully saturated rings. The molecular formula is C19H17NO3. The summed E-state index contributed by atoms with van der Waals surface area (Å²) in [5, 5.41) is 2.81. The molecule has 0 atom stereocenters. The number of ether oxygens (including phenoxy) is 1. The first-order valence-electron chi connectivity index (χ1n) is 7.33. The first-order chi connectivity index (χ1) is 11.0. The summed E-state index contributed by atoms with van der Waals surface area (Å²) in [5.74, 6) is -0.584. The first-order valence-corrected chi connectivity index (χ1v) is 7.33. The maximum absolute atomic E-state index is 12.3. The maximum Gasteiger partial charge on any atom is 0.337 e. The normalized spacial score (nSPS) is 14.6. The number of hydrogen-bond acceptors (Lipinski definition) is 3. The molecule has 0 unspecified atom stereocenters. The van der Waals surface area contributed by atoms with E-state index in [1.807, 2.05) is 38.1 Å². The minimum Gasteiger partial charge on any atom is -0.465 e. The first kappa shape index (κ1) is 15.0. The Morgan fingerprint density at radius 1 is 1.13 bits per heavy atom. The summed E-state index contributed by atoms with van der Waals surface area (Å²) in [6.45, 7) is 4.04. The van der Waals surface area contributed by atoms with Crippen LogP contribution in [0, 0.1) is 13.8 Å². The van der Waals surface area contributed by atoms with E-state index < -0.39 is 5.97 Å². The van der Waals surface area contributed by atoms with Crippen molar-refractivity contribution in [2.45, 2.75) is 13.8 Å². The van der Waals surface area contributed by atoms with E-state index in [1.165, 1.54) is 7.11 Å². The topological polar surface area (TPSA) is 55.4 Å². The molecule has 116 valence electrons. The van der Waals surface area contributed by atoms with E-state index in [1.54, 1.807) is 18.2 Å². The van der Waals surface area contributed by atoms with Gasteiger partial charge >= 0.3 is 5.97 Å². The van der Waals surface area contributed by atoms with Crippen LogP contribution in [0.4, 0.5) is 5.69 Å². The fraction of sp³-hybridized carbons (Fsp3) is 0.158. The molecule has 4 nitrogen and oxygen atoms in total. The van der Waals surface area contributed by atoms with E-state index in [0.29, 0.717) is 16.8 Å². The van der Waals surface area contributed by atoms with Crippen molar-refractivity contribution in [1.82, 2.24) is 0 Å². The second-order valence-electron chi connectivity index (χ2n) is 5.57. The van der Waals surface area contributed by atoms with E-state index in [-0.39, 0.29) is 5.91 Å². The lowest BCUT2D eigenvalue weighted by Crippen LogP contribution is -2.04. The molecule has 1 heterocycles. The minimum atomic E-state index is -0.422. The zero-order valence-corrected chi connectivity index (χ0v) is 13.3. The number of esters is 1. The summed E-state index contributed by atoms with van der Waals surface area (Å²) in [5.41, 5.74) is 5.73. The number of carbonyl (C=O) groups excluding carboxylic acids is 2. The highest BCUT2D eigenvalue weighted by atomic mass is 16.5. The third kappa shape index (κ3) is 2.63. The van der Waals surface area contributed by atoms with Gasteiger partial charge in [-0.05, 0) is 48.7 Å². The van der Waals surface area contributed by atoms with Crippen LogP contribution in [-0.4, -0.2) is 19.0 Å². The Kier molecular flexibility index (Phi) is 3.74. The zero-order chi connectivity index (χ0) is 16.6. The van der Waals surface area contributed by atoms with Crippen molar-refractivity contribution in [2.75, 3.05) is 12.4 Å². The average molecular weight is 307 g/mol. The average Bonchev–Trinajstić information content (AvgIpc) is 2.84. The van der Waals surface area contributed by atoms with Gasteiger partial charge in [0.25, 0.3) is 5.91 Å². The summed E-state index contributed by atoms with van der Waals surface area (Å²) in [6, 6.07) is 11.1. The molecule has 1 aliphatic heterocycles. The SMILES string of the molecule is COC(=O)c1ccc2c(c1)NC(=O)C2=Cc1c(C)cccc1C. The van der Waals surface area contributed by atoms with Gasteiger partial charge in [-0.3, -0.25) is 4.79 Å². The quantitative estimate of drug-likeness (QED) is 0.681. The van der Waals surface area contributed by atoms with Crippen molar-refractivity contribution in [3.05, 3.63) is 64.2 Å². The van der Waals surface area contributed by atoms with Crippen molar-refractivity contribution in [3.63, 3.8) is 0 Å². The number of nitrogens with one attached hydrogen (secondary N) is 1. The number of amides is 1. The number of methoxy groups -OCH3 is 1. The third-order valence-electron chi connectivity index (χ3n) is 4.05. The Bertz CT molecular complexity index is 829. The molecule has 0 saturated heterocycles. The Morgan fingerprint density at radius 2 is 1.83 bits per heavy atom. The molecule has 0 spiro atoms. The number of benzene rings is 2. The van der Waals surface area contributed by atoms with Gasteiger partial charge in [0.15, 0.2) is 0 Å². The van der Waals surface area contributed by atoms with Gasteiger partial charge in [0.2, 0.25) is 0 Å². The van der Waals surface area contributed by atoms with Crippen molar-refractivity contribution in [3.8, 4) is 0 Å². The molecular weight excluding hydrogens is 290 g/mol. The summed E-state index contributed by atoms with van der Waals surface area (Å²) < 4.78 is 4.71. The van der Waals surface area contributed by atoms with E-state index in [0.717, 1.165) is 22.3 Å².